The van der Waals surface area contributed by atoms with E-state index >= 15 is 0 Å². The predicted octanol–water partition coefficient (Wildman–Crippen LogP) is 4.31. The lowest BCUT2D eigenvalue weighted by molar-refractivity contribution is 0.0871. The van der Waals surface area contributed by atoms with Gasteiger partial charge in [-0.3, -0.25) is 4.90 Å². The Morgan fingerprint density at radius 1 is 1.56 bits per heavy atom. The first-order valence-corrected chi connectivity index (χ1v) is 7.97. The second kappa shape index (κ2) is 5.19. The fourth-order valence-corrected chi connectivity index (χ4v) is 4.01. The molecule has 2 rings (SSSR count). The van der Waals surface area contributed by atoms with Gasteiger partial charge < -0.3 is 0 Å². The van der Waals surface area contributed by atoms with Crippen molar-refractivity contribution in [1.29, 1.82) is 0 Å². The van der Waals surface area contributed by atoms with Crippen LogP contribution >= 0.6 is 27.3 Å². The molecular formula is C13H20BrNS. The lowest BCUT2D eigenvalue weighted by atomic mass is 9.70. The summed E-state index contributed by atoms with van der Waals surface area (Å²) in [5.41, 5.74) is 0.556. The Morgan fingerprint density at radius 3 is 2.75 bits per heavy atom. The summed E-state index contributed by atoms with van der Waals surface area (Å²) < 4.78 is 0. The van der Waals surface area contributed by atoms with Crippen LogP contribution in [-0.2, 0) is 0 Å². The fraction of sp³-hybridized carbons (Fsp3) is 0.692. The van der Waals surface area contributed by atoms with Gasteiger partial charge in [-0.2, -0.15) is 0 Å². The third kappa shape index (κ3) is 2.52. The lowest BCUT2D eigenvalue weighted by Gasteiger charge is -2.44. The second-order valence-electron chi connectivity index (χ2n) is 5.09. The van der Waals surface area contributed by atoms with Crippen molar-refractivity contribution in [3.05, 3.63) is 22.4 Å². The van der Waals surface area contributed by atoms with Crippen molar-refractivity contribution in [2.24, 2.45) is 5.41 Å². The molecule has 3 heteroatoms. The maximum atomic E-state index is 3.69. The monoisotopic (exact) mass is 301 g/mol. The zero-order valence-corrected chi connectivity index (χ0v) is 12.5. The van der Waals surface area contributed by atoms with Gasteiger partial charge >= 0.3 is 0 Å². The third-order valence-corrected chi connectivity index (χ3v) is 6.13. The summed E-state index contributed by atoms with van der Waals surface area (Å²) in [6.07, 6.45) is 4.19. The average Bonchev–Trinajstić information content (AvgIpc) is 2.75. The number of alkyl halides is 1. The number of hydrogen-bond acceptors (Lipinski definition) is 2. The van der Waals surface area contributed by atoms with E-state index in [1.54, 1.807) is 0 Å². The Balaban J connectivity index is 1.95. The molecule has 1 aromatic heterocycles. The molecule has 0 aromatic carbocycles. The largest absolute Gasteiger partial charge is 0.298 e. The minimum Gasteiger partial charge on any atom is -0.298 e. The van der Waals surface area contributed by atoms with Gasteiger partial charge in [-0.05, 0) is 43.7 Å². The Labute approximate surface area is 111 Å². The maximum Gasteiger partial charge on any atom is 0.0410 e. The van der Waals surface area contributed by atoms with E-state index in [0.717, 1.165) is 5.33 Å². The zero-order chi connectivity index (χ0) is 11.6. The Hall–Kier alpha value is 0.140. The van der Waals surface area contributed by atoms with Crippen LogP contribution in [0, 0.1) is 5.41 Å². The molecule has 1 nitrogen and oxygen atoms in total. The summed E-state index contributed by atoms with van der Waals surface area (Å²) in [5.74, 6) is 0. The van der Waals surface area contributed by atoms with Crippen LogP contribution in [0.4, 0.5) is 0 Å². The number of hydrogen-bond donors (Lipinski definition) is 0. The van der Waals surface area contributed by atoms with Gasteiger partial charge in [0.2, 0.25) is 0 Å². The van der Waals surface area contributed by atoms with Crippen LogP contribution in [0.5, 0.6) is 0 Å². The minimum atomic E-state index is 0.552. The number of thiophene rings is 1. The van der Waals surface area contributed by atoms with Gasteiger partial charge in [0.25, 0.3) is 0 Å². The summed E-state index contributed by atoms with van der Waals surface area (Å²) in [5, 5.41) is 3.32. The van der Waals surface area contributed by atoms with Crippen molar-refractivity contribution < 1.29 is 0 Å². The van der Waals surface area contributed by atoms with Gasteiger partial charge in [0, 0.05) is 22.8 Å². The first kappa shape index (κ1) is 12.6. The van der Waals surface area contributed by atoms with Crippen LogP contribution in [0.1, 0.15) is 37.1 Å². The summed E-state index contributed by atoms with van der Waals surface area (Å²) >= 11 is 5.55. The highest BCUT2D eigenvalue weighted by molar-refractivity contribution is 9.09. The van der Waals surface area contributed by atoms with Gasteiger partial charge in [-0.15, -0.1) is 11.3 Å². The van der Waals surface area contributed by atoms with E-state index in [-0.39, 0.29) is 0 Å². The van der Waals surface area contributed by atoms with E-state index in [9.17, 15) is 0 Å². The molecule has 1 fully saturated rings. The minimum absolute atomic E-state index is 0.552. The first-order chi connectivity index (χ1) is 7.67. The van der Waals surface area contributed by atoms with Gasteiger partial charge in [-0.1, -0.05) is 28.4 Å². The van der Waals surface area contributed by atoms with Crippen molar-refractivity contribution in [3.63, 3.8) is 0 Å². The molecule has 0 amide bonds. The molecule has 16 heavy (non-hydrogen) atoms. The highest BCUT2D eigenvalue weighted by atomic mass is 79.9. The van der Waals surface area contributed by atoms with Crippen LogP contribution in [0.15, 0.2) is 17.5 Å². The predicted molar refractivity (Wildman–Crippen MR) is 75.4 cm³/mol. The number of nitrogens with zero attached hydrogens (tertiary/aromatic N) is 1. The molecule has 0 radical (unpaired) electrons. The van der Waals surface area contributed by atoms with Crippen LogP contribution in [-0.4, -0.2) is 23.8 Å². The van der Waals surface area contributed by atoms with Gasteiger partial charge in [-0.25, -0.2) is 0 Å². The molecule has 90 valence electrons. The zero-order valence-electron chi connectivity index (χ0n) is 10.1. The van der Waals surface area contributed by atoms with E-state index < -0.39 is 0 Å². The van der Waals surface area contributed by atoms with Crippen LogP contribution in [0.2, 0.25) is 0 Å². The second-order valence-corrected chi connectivity index (χ2v) is 6.63. The normalized spacial score (nSPS) is 20.8. The number of halogens is 1. The molecule has 1 atom stereocenters. The molecule has 1 aliphatic rings. The maximum absolute atomic E-state index is 3.69. The molecule has 0 saturated heterocycles. The topological polar surface area (TPSA) is 3.24 Å². The molecule has 0 bridgehead atoms. The van der Waals surface area contributed by atoms with E-state index in [1.165, 1.54) is 30.7 Å². The van der Waals surface area contributed by atoms with Gasteiger partial charge in [0.05, 0.1) is 0 Å². The van der Waals surface area contributed by atoms with E-state index in [2.05, 4.69) is 52.3 Å². The summed E-state index contributed by atoms with van der Waals surface area (Å²) in [6, 6.07) is 4.94. The van der Waals surface area contributed by atoms with Crippen LogP contribution in [0.25, 0.3) is 0 Å². The Kier molecular flexibility index (Phi) is 4.09. The third-order valence-electron chi connectivity index (χ3n) is 3.90. The molecule has 0 N–H and O–H groups in total. The molecule has 1 aromatic rings. The van der Waals surface area contributed by atoms with Crippen molar-refractivity contribution in [2.75, 3.05) is 18.9 Å². The number of rotatable bonds is 5. The van der Waals surface area contributed by atoms with Gasteiger partial charge in [0.1, 0.15) is 0 Å². The van der Waals surface area contributed by atoms with Crippen molar-refractivity contribution >= 4 is 27.3 Å². The highest BCUT2D eigenvalue weighted by Crippen LogP contribution is 2.43. The highest BCUT2D eigenvalue weighted by Gasteiger charge is 2.37. The smallest absolute Gasteiger partial charge is 0.0410 e. The van der Waals surface area contributed by atoms with Crippen LogP contribution in [0.3, 0.4) is 0 Å². The molecule has 0 spiro atoms. The molecule has 1 aliphatic carbocycles. The van der Waals surface area contributed by atoms with Crippen molar-refractivity contribution in [1.82, 2.24) is 4.90 Å². The molecular weight excluding hydrogens is 282 g/mol. The first-order valence-electron chi connectivity index (χ1n) is 5.96. The van der Waals surface area contributed by atoms with E-state index in [0.29, 0.717) is 11.5 Å². The molecule has 1 unspecified atom stereocenters. The summed E-state index contributed by atoms with van der Waals surface area (Å²) in [6.45, 7) is 3.53. The fourth-order valence-electron chi connectivity index (χ4n) is 2.42. The standard InChI is InChI=1S/C13H20BrNS/c1-11(12-5-3-8-16-12)15(2)10-13(9-14)6-4-7-13/h3,5,8,11H,4,6-7,9-10H2,1-2H3. The van der Waals surface area contributed by atoms with Crippen molar-refractivity contribution in [3.8, 4) is 0 Å². The molecule has 1 heterocycles. The van der Waals surface area contributed by atoms with E-state index in [1.807, 2.05) is 11.3 Å². The lowest BCUT2D eigenvalue weighted by Crippen LogP contribution is -2.42. The Bertz CT molecular complexity index is 313. The Morgan fingerprint density at radius 2 is 2.31 bits per heavy atom. The summed E-state index contributed by atoms with van der Waals surface area (Å²) in [7, 11) is 2.26. The van der Waals surface area contributed by atoms with Gasteiger partial charge in [0.15, 0.2) is 0 Å². The molecule has 0 aliphatic heterocycles. The SMILES string of the molecule is CC(c1cccs1)N(C)CC1(CBr)CCC1. The summed E-state index contributed by atoms with van der Waals surface area (Å²) in [4.78, 5) is 3.98. The molecule has 1 saturated carbocycles. The van der Waals surface area contributed by atoms with Crippen LogP contribution < -0.4 is 0 Å². The average molecular weight is 302 g/mol. The quantitative estimate of drug-likeness (QED) is 0.733. The van der Waals surface area contributed by atoms with E-state index in [4.69, 9.17) is 0 Å². The van der Waals surface area contributed by atoms with Crippen molar-refractivity contribution in [2.45, 2.75) is 32.2 Å².